The molecule has 1 aliphatic heterocycles. The molecule has 0 saturated carbocycles. The monoisotopic (exact) mass is 484 g/mol. The lowest BCUT2D eigenvalue weighted by molar-refractivity contribution is 0.477. The van der Waals surface area contributed by atoms with Gasteiger partial charge in [-0.2, -0.15) is 0 Å². The highest BCUT2D eigenvalue weighted by molar-refractivity contribution is 6.19. The lowest BCUT2D eigenvalue weighted by atomic mass is 9.93. The molecule has 0 amide bonds. The molecule has 176 valence electrons. The number of rotatable bonds is 2. The van der Waals surface area contributed by atoms with Crippen molar-refractivity contribution >= 4 is 21.8 Å². The van der Waals surface area contributed by atoms with Crippen LogP contribution in [0.25, 0.3) is 72.3 Å². The number of fused-ring (bicyclic) bond motifs is 5. The van der Waals surface area contributed by atoms with Gasteiger partial charge in [-0.15, -0.1) is 0 Å². The summed E-state index contributed by atoms with van der Waals surface area (Å²) in [6.45, 7) is 0. The topological polar surface area (TPSA) is 27.1 Å². The van der Waals surface area contributed by atoms with Crippen molar-refractivity contribution in [2.24, 2.45) is 0 Å². The zero-order valence-electron chi connectivity index (χ0n) is 20.3. The lowest BCUT2D eigenvalue weighted by Gasteiger charge is -2.24. The van der Waals surface area contributed by atoms with Crippen LogP contribution in [0.15, 0.2) is 121 Å². The summed E-state index contributed by atoms with van der Waals surface area (Å²) in [6, 6.07) is 42.8. The summed E-state index contributed by atoms with van der Waals surface area (Å²) in [5, 5.41) is 2.56. The van der Waals surface area contributed by atoms with Gasteiger partial charge in [0.05, 0.1) is 11.2 Å². The first-order chi connectivity index (χ1) is 18.9. The van der Waals surface area contributed by atoms with Crippen LogP contribution in [0.2, 0.25) is 0 Å². The molecular formula is C35H20N2O. The van der Waals surface area contributed by atoms with Gasteiger partial charge in [-0.1, -0.05) is 103 Å². The maximum atomic E-state index is 6.71. The quantitative estimate of drug-likeness (QED) is 0.244. The normalized spacial score (nSPS) is 12.4. The second kappa shape index (κ2) is 7.21. The smallest absolute Gasteiger partial charge is 0.159 e. The Bertz CT molecular complexity index is 2070. The highest BCUT2D eigenvalue weighted by atomic mass is 16.5. The van der Waals surface area contributed by atoms with E-state index in [9.17, 15) is 0 Å². The van der Waals surface area contributed by atoms with Crippen LogP contribution in [0.1, 0.15) is 0 Å². The summed E-state index contributed by atoms with van der Waals surface area (Å²) < 4.78 is 8.97. The molecular weight excluding hydrogens is 464 g/mol. The Hall–Kier alpha value is -5.15. The number of nitrogens with zero attached hydrogens (tertiary/aromatic N) is 2. The summed E-state index contributed by atoms with van der Waals surface area (Å²) in [7, 11) is 0. The zero-order valence-corrected chi connectivity index (χ0v) is 20.3. The minimum Gasteiger partial charge on any atom is -0.452 e. The summed E-state index contributed by atoms with van der Waals surface area (Å²) in [5.74, 6) is 2.61. The predicted octanol–water partition coefficient (Wildman–Crippen LogP) is 9.27. The second-order valence-electron chi connectivity index (χ2n) is 9.95. The number of aromatic nitrogens is 2. The van der Waals surface area contributed by atoms with E-state index in [1.165, 1.54) is 38.6 Å². The molecule has 0 radical (unpaired) electrons. The van der Waals surface area contributed by atoms with Crippen molar-refractivity contribution in [1.29, 1.82) is 0 Å². The summed E-state index contributed by atoms with van der Waals surface area (Å²) in [4.78, 5) is 5.04. The van der Waals surface area contributed by atoms with E-state index >= 15 is 0 Å². The maximum Gasteiger partial charge on any atom is 0.159 e. The molecule has 3 heteroatoms. The van der Waals surface area contributed by atoms with Gasteiger partial charge in [0.1, 0.15) is 11.3 Å². The van der Waals surface area contributed by atoms with Gasteiger partial charge in [-0.25, -0.2) is 4.98 Å². The molecule has 2 heterocycles. The molecule has 0 unspecified atom stereocenters. The average molecular weight is 485 g/mol. The van der Waals surface area contributed by atoms with E-state index in [0.717, 1.165) is 45.2 Å². The number of ether oxygens (including phenoxy) is 1. The fourth-order valence-electron chi connectivity index (χ4n) is 6.37. The Balaban J connectivity index is 1.34. The Morgan fingerprint density at radius 3 is 2.08 bits per heavy atom. The minimum atomic E-state index is 0.829. The second-order valence-corrected chi connectivity index (χ2v) is 9.95. The fourth-order valence-corrected chi connectivity index (χ4v) is 6.37. The molecule has 7 aromatic rings. The molecule has 6 aromatic carbocycles. The van der Waals surface area contributed by atoms with E-state index in [0.29, 0.717) is 0 Å². The molecule has 38 heavy (non-hydrogen) atoms. The van der Waals surface area contributed by atoms with E-state index in [-0.39, 0.29) is 0 Å². The van der Waals surface area contributed by atoms with E-state index in [1.54, 1.807) is 0 Å². The van der Waals surface area contributed by atoms with Crippen molar-refractivity contribution in [3.63, 3.8) is 0 Å². The van der Waals surface area contributed by atoms with Crippen LogP contribution in [0.3, 0.4) is 0 Å². The Kier molecular flexibility index (Phi) is 3.79. The molecule has 3 nitrogen and oxygen atoms in total. The van der Waals surface area contributed by atoms with Crippen molar-refractivity contribution in [2.45, 2.75) is 0 Å². The van der Waals surface area contributed by atoms with E-state index in [1.807, 2.05) is 18.2 Å². The number of hydrogen-bond acceptors (Lipinski definition) is 2. The highest BCUT2D eigenvalue weighted by Gasteiger charge is 2.28. The van der Waals surface area contributed by atoms with Crippen LogP contribution in [0, 0.1) is 0 Å². The van der Waals surface area contributed by atoms with Gasteiger partial charge in [0.15, 0.2) is 11.5 Å². The summed E-state index contributed by atoms with van der Waals surface area (Å²) in [5.41, 5.74) is 11.5. The van der Waals surface area contributed by atoms with E-state index < -0.39 is 0 Å². The van der Waals surface area contributed by atoms with Crippen LogP contribution in [-0.4, -0.2) is 9.55 Å². The summed E-state index contributed by atoms with van der Waals surface area (Å²) in [6.07, 6.45) is 0. The molecule has 1 aromatic heterocycles. The van der Waals surface area contributed by atoms with E-state index in [4.69, 9.17) is 9.72 Å². The van der Waals surface area contributed by atoms with Crippen LogP contribution in [0.4, 0.5) is 0 Å². The van der Waals surface area contributed by atoms with Gasteiger partial charge in [-0.3, -0.25) is 4.57 Å². The first kappa shape index (κ1) is 20.0. The van der Waals surface area contributed by atoms with Crippen molar-refractivity contribution < 1.29 is 4.74 Å². The van der Waals surface area contributed by atoms with Gasteiger partial charge in [0, 0.05) is 11.1 Å². The molecule has 0 fully saturated rings. The van der Waals surface area contributed by atoms with Gasteiger partial charge < -0.3 is 4.74 Å². The largest absolute Gasteiger partial charge is 0.452 e. The van der Waals surface area contributed by atoms with Crippen LogP contribution < -0.4 is 4.74 Å². The number of benzene rings is 6. The van der Waals surface area contributed by atoms with Crippen LogP contribution in [-0.2, 0) is 0 Å². The van der Waals surface area contributed by atoms with Crippen LogP contribution in [0.5, 0.6) is 11.5 Å². The van der Waals surface area contributed by atoms with Crippen LogP contribution >= 0.6 is 0 Å². The van der Waals surface area contributed by atoms with Gasteiger partial charge >= 0.3 is 0 Å². The number of imidazole rings is 1. The van der Waals surface area contributed by atoms with E-state index in [2.05, 4.69) is 108 Å². The highest BCUT2D eigenvalue weighted by Crippen LogP contribution is 2.52. The molecule has 0 saturated heterocycles. The zero-order chi connectivity index (χ0) is 24.8. The maximum absolute atomic E-state index is 6.71. The van der Waals surface area contributed by atoms with Gasteiger partial charge in [-0.05, 0) is 56.8 Å². The SMILES string of the molecule is c1ccc(-c2nc3cccc4c3n2-c2cccc(-c3ccc5c6c(cccc36)-c3ccccc3-5)c2O4)cc1. The molecule has 9 rings (SSSR count). The van der Waals surface area contributed by atoms with Gasteiger partial charge in [0.25, 0.3) is 0 Å². The third-order valence-electron chi connectivity index (χ3n) is 7.96. The number of hydrogen-bond donors (Lipinski definition) is 0. The standard InChI is InChI=1S/C35H20N2O/c1-2-9-21(10-3-1)35-36-29-16-8-18-31-33(29)37(35)30-17-7-15-28(34(30)38-31)24-19-20-27-23-12-5-4-11-22(23)25-13-6-14-26(24)32(25)27/h1-20H. The summed E-state index contributed by atoms with van der Waals surface area (Å²) >= 11 is 0. The predicted molar refractivity (Wildman–Crippen MR) is 154 cm³/mol. The van der Waals surface area contributed by atoms with Crippen molar-refractivity contribution in [2.75, 3.05) is 0 Å². The molecule has 0 bridgehead atoms. The lowest BCUT2D eigenvalue weighted by Crippen LogP contribution is -2.07. The third-order valence-corrected chi connectivity index (χ3v) is 7.96. The first-order valence-electron chi connectivity index (χ1n) is 12.9. The van der Waals surface area contributed by atoms with Crippen molar-refractivity contribution in [1.82, 2.24) is 9.55 Å². The molecule has 0 spiro atoms. The Morgan fingerprint density at radius 1 is 0.526 bits per heavy atom. The van der Waals surface area contributed by atoms with Crippen molar-refractivity contribution in [3.8, 4) is 62.0 Å². The third kappa shape index (κ3) is 2.50. The fraction of sp³-hybridized carbons (Fsp3) is 0. The Labute approximate surface area is 219 Å². The molecule has 0 atom stereocenters. The average Bonchev–Trinajstić information content (AvgIpc) is 3.53. The first-order valence-corrected chi connectivity index (χ1v) is 12.9. The minimum absolute atomic E-state index is 0.829. The van der Waals surface area contributed by atoms with Gasteiger partial charge in [0.2, 0.25) is 0 Å². The molecule has 1 aliphatic carbocycles. The molecule has 2 aliphatic rings. The Morgan fingerprint density at radius 2 is 1.21 bits per heavy atom. The van der Waals surface area contributed by atoms with Crippen molar-refractivity contribution in [3.05, 3.63) is 121 Å². The molecule has 0 N–H and O–H groups in total. The number of para-hydroxylation sites is 2.